The molecule has 2 rings (SSSR count). The predicted octanol–water partition coefficient (Wildman–Crippen LogP) is 1.28. The van der Waals surface area contributed by atoms with Crippen molar-refractivity contribution in [3.8, 4) is 0 Å². The van der Waals surface area contributed by atoms with E-state index in [9.17, 15) is 9.90 Å². The fraction of sp³-hybridized carbons (Fsp3) is 0.929. The third-order valence-corrected chi connectivity index (χ3v) is 4.53. The Kier molecular flexibility index (Phi) is 4.28. The molecule has 1 aliphatic heterocycles. The summed E-state index contributed by atoms with van der Waals surface area (Å²) in [7, 11) is 0. The molecule has 0 aromatic carbocycles. The second-order valence-corrected chi connectivity index (χ2v) is 6.00. The largest absolute Gasteiger partial charge is 0.387 e. The van der Waals surface area contributed by atoms with Gasteiger partial charge in [-0.3, -0.25) is 9.69 Å². The second kappa shape index (κ2) is 5.57. The normalized spacial score (nSPS) is 26.4. The van der Waals surface area contributed by atoms with Crippen LogP contribution < -0.4 is 5.32 Å². The number of nitrogens with one attached hydrogen (secondary N) is 1. The Hall–Kier alpha value is -0.610. The van der Waals surface area contributed by atoms with Gasteiger partial charge >= 0.3 is 0 Å². The molecular formula is C14H26N2O2. The van der Waals surface area contributed by atoms with Gasteiger partial charge in [0.15, 0.2) is 0 Å². The highest BCUT2D eigenvalue weighted by Crippen LogP contribution is 2.26. The molecule has 4 heteroatoms. The van der Waals surface area contributed by atoms with Gasteiger partial charge in [-0.05, 0) is 26.2 Å². The molecule has 0 aromatic heterocycles. The molecule has 1 unspecified atom stereocenters. The van der Waals surface area contributed by atoms with Crippen LogP contribution in [-0.2, 0) is 4.79 Å². The van der Waals surface area contributed by atoms with E-state index in [1.54, 1.807) is 0 Å². The molecule has 2 N–H and O–H groups in total. The summed E-state index contributed by atoms with van der Waals surface area (Å²) >= 11 is 0. The van der Waals surface area contributed by atoms with Crippen molar-refractivity contribution in [1.29, 1.82) is 0 Å². The van der Waals surface area contributed by atoms with Crippen LogP contribution in [0.4, 0.5) is 0 Å². The van der Waals surface area contributed by atoms with Gasteiger partial charge in [-0.1, -0.05) is 26.2 Å². The topological polar surface area (TPSA) is 52.6 Å². The number of hydrogen-bond donors (Lipinski definition) is 2. The van der Waals surface area contributed by atoms with Crippen molar-refractivity contribution >= 4 is 5.91 Å². The average Bonchev–Trinajstić information content (AvgIpc) is 2.35. The Bertz CT molecular complexity index is 294. The van der Waals surface area contributed by atoms with E-state index in [-0.39, 0.29) is 11.9 Å². The minimum atomic E-state index is -0.556. The molecule has 1 saturated carbocycles. The lowest BCUT2D eigenvalue weighted by Gasteiger charge is -2.48. The number of β-amino-alcohol motifs (C(OH)–C–C–N with tert-alkyl or cyclic N) is 1. The van der Waals surface area contributed by atoms with Crippen molar-refractivity contribution < 1.29 is 9.90 Å². The Morgan fingerprint density at radius 1 is 1.39 bits per heavy atom. The Morgan fingerprint density at radius 3 is 2.56 bits per heavy atom. The Morgan fingerprint density at radius 2 is 2.00 bits per heavy atom. The van der Waals surface area contributed by atoms with E-state index in [1.807, 2.05) is 13.8 Å². The highest BCUT2D eigenvalue weighted by Gasteiger charge is 2.43. The first-order chi connectivity index (χ1) is 8.54. The summed E-state index contributed by atoms with van der Waals surface area (Å²) in [6, 6.07) is 0.263. The van der Waals surface area contributed by atoms with Crippen LogP contribution in [0.25, 0.3) is 0 Å². The van der Waals surface area contributed by atoms with Gasteiger partial charge in [0, 0.05) is 19.1 Å². The number of rotatable bonds is 4. The standard InChI is InChI=1S/C14H26N2O2/c1-3-14(18)9-16(10-14)11(2)13(17)15-12-7-5-4-6-8-12/h11-12,18H,3-10H2,1-2H3,(H,15,17). The van der Waals surface area contributed by atoms with E-state index < -0.39 is 5.60 Å². The number of carbonyl (C=O) groups is 1. The molecule has 2 fully saturated rings. The number of likely N-dealkylation sites (tertiary alicyclic amines) is 1. The first-order valence-corrected chi connectivity index (χ1v) is 7.31. The zero-order chi connectivity index (χ0) is 13.2. The van der Waals surface area contributed by atoms with Crippen molar-refractivity contribution in [2.75, 3.05) is 13.1 Å². The minimum Gasteiger partial charge on any atom is -0.387 e. The van der Waals surface area contributed by atoms with Crippen LogP contribution in [0.5, 0.6) is 0 Å². The molecular weight excluding hydrogens is 228 g/mol. The van der Waals surface area contributed by atoms with E-state index in [1.165, 1.54) is 19.3 Å². The fourth-order valence-electron chi connectivity index (χ4n) is 2.94. The van der Waals surface area contributed by atoms with Crippen LogP contribution in [0.2, 0.25) is 0 Å². The summed E-state index contributed by atoms with van der Waals surface area (Å²) in [4.78, 5) is 14.2. The Labute approximate surface area is 110 Å². The van der Waals surface area contributed by atoms with E-state index in [0.29, 0.717) is 19.1 Å². The summed E-state index contributed by atoms with van der Waals surface area (Å²) < 4.78 is 0. The van der Waals surface area contributed by atoms with Crippen LogP contribution >= 0.6 is 0 Å². The molecule has 0 aromatic rings. The molecule has 0 spiro atoms. The summed E-state index contributed by atoms with van der Waals surface area (Å²) in [5.41, 5.74) is -0.556. The average molecular weight is 254 g/mol. The van der Waals surface area contributed by atoms with Crippen LogP contribution in [-0.4, -0.2) is 46.7 Å². The third kappa shape index (κ3) is 3.04. The van der Waals surface area contributed by atoms with Crippen LogP contribution in [0.1, 0.15) is 52.4 Å². The molecule has 1 atom stereocenters. The smallest absolute Gasteiger partial charge is 0.237 e. The lowest BCUT2D eigenvalue weighted by molar-refractivity contribution is -0.143. The first kappa shape index (κ1) is 13.8. The van der Waals surface area contributed by atoms with Gasteiger partial charge in [0.05, 0.1) is 11.6 Å². The van der Waals surface area contributed by atoms with E-state index in [0.717, 1.165) is 19.3 Å². The van der Waals surface area contributed by atoms with Crippen molar-refractivity contribution in [3.05, 3.63) is 0 Å². The Balaban J connectivity index is 1.75. The zero-order valence-electron chi connectivity index (χ0n) is 11.6. The summed E-state index contributed by atoms with van der Waals surface area (Å²) in [5.74, 6) is 0.125. The summed E-state index contributed by atoms with van der Waals surface area (Å²) in [5, 5.41) is 13.1. The summed E-state index contributed by atoms with van der Waals surface area (Å²) in [6.07, 6.45) is 6.78. The van der Waals surface area contributed by atoms with Gasteiger partial charge in [0.1, 0.15) is 0 Å². The van der Waals surface area contributed by atoms with Gasteiger partial charge < -0.3 is 10.4 Å². The number of hydrogen-bond acceptors (Lipinski definition) is 3. The maximum absolute atomic E-state index is 12.1. The van der Waals surface area contributed by atoms with Gasteiger partial charge in [-0.2, -0.15) is 0 Å². The van der Waals surface area contributed by atoms with Gasteiger partial charge in [0.2, 0.25) is 5.91 Å². The molecule has 4 nitrogen and oxygen atoms in total. The number of nitrogens with zero attached hydrogens (tertiary/aromatic N) is 1. The van der Waals surface area contributed by atoms with Crippen molar-refractivity contribution in [2.24, 2.45) is 0 Å². The highest BCUT2D eigenvalue weighted by atomic mass is 16.3. The van der Waals surface area contributed by atoms with E-state index in [2.05, 4.69) is 10.2 Å². The van der Waals surface area contributed by atoms with Crippen molar-refractivity contribution in [1.82, 2.24) is 10.2 Å². The monoisotopic (exact) mass is 254 g/mol. The van der Waals surface area contributed by atoms with Gasteiger partial charge in [-0.25, -0.2) is 0 Å². The number of aliphatic hydroxyl groups is 1. The van der Waals surface area contributed by atoms with Crippen LogP contribution in [0, 0.1) is 0 Å². The van der Waals surface area contributed by atoms with Crippen LogP contribution in [0.15, 0.2) is 0 Å². The van der Waals surface area contributed by atoms with Gasteiger partial charge in [0.25, 0.3) is 0 Å². The third-order valence-electron chi connectivity index (χ3n) is 4.53. The van der Waals surface area contributed by atoms with E-state index >= 15 is 0 Å². The first-order valence-electron chi connectivity index (χ1n) is 7.31. The lowest BCUT2D eigenvalue weighted by Crippen LogP contribution is -2.66. The molecule has 1 aliphatic carbocycles. The van der Waals surface area contributed by atoms with Crippen LogP contribution in [0.3, 0.4) is 0 Å². The maximum Gasteiger partial charge on any atom is 0.237 e. The molecule has 0 radical (unpaired) electrons. The number of carbonyl (C=O) groups excluding carboxylic acids is 1. The van der Waals surface area contributed by atoms with E-state index in [4.69, 9.17) is 0 Å². The zero-order valence-corrected chi connectivity index (χ0v) is 11.6. The van der Waals surface area contributed by atoms with Crippen molar-refractivity contribution in [3.63, 3.8) is 0 Å². The predicted molar refractivity (Wildman–Crippen MR) is 71.3 cm³/mol. The SMILES string of the molecule is CCC1(O)CN(C(C)C(=O)NC2CCCCC2)C1. The fourth-order valence-corrected chi connectivity index (χ4v) is 2.94. The molecule has 0 bridgehead atoms. The van der Waals surface area contributed by atoms with Gasteiger partial charge in [-0.15, -0.1) is 0 Å². The lowest BCUT2D eigenvalue weighted by atomic mass is 9.89. The minimum absolute atomic E-state index is 0.112. The number of amides is 1. The summed E-state index contributed by atoms with van der Waals surface area (Å²) in [6.45, 7) is 5.18. The highest BCUT2D eigenvalue weighted by molar-refractivity contribution is 5.81. The second-order valence-electron chi connectivity index (χ2n) is 6.00. The van der Waals surface area contributed by atoms with Crippen molar-refractivity contribution in [2.45, 2.75) is 70.1 Å². The quantitative estimate of drug-likeness (QED) is 0.794. The molecule has 1 heterocycles. The molecule has 1 saturated heterocycles. The molecule has 18 heavy (non-hydrogen) atoms. The molecule has 2 aliphatic rings. The maximum atomic E-state index is 12.1. The molecule has 1 amide bonds. The molecule has 104 valence electrons.